The van der Waals surface area contributed by atoms with E-state index in [9.17, 15) is 14.3 Å². The van der Waals surface area contributed by atoms with E-state index in [0.29, 0.717) is 25.5 Å². The van der Waals surface area contributed by atoms with Crippen molar-refractivity contribution in [3.05, 3.63) is 70.0 Å². The molecule has 0 saturated carbocycles. The summed E-state index contributed by atoms with van der Waals surface area (Å²) < 4.78 is 25.6. The van der Waals surface area contributed by atoms with Gasteiger partial charge < -0.3 is 19.5 Å². The molecule has 1 saturated heterocycles. The van der Waals surface area contributed by atoms with Gasteiger partial charge in [-0.3, -0.25) is 4.79 Å². The van der Waals surface area contributed by atoms with Gasteiger partial charge in [-0.2, -0.15) is 0 Å². The number of ether oxygens (including phenoxy) is 2. The highest BCUT2D eigenvalue weighted by molar-refractivity contribution is 5.87. The number of rotatable bonds is 5. The number of methoxy groups -OCH3 is 1. The Morgan fingerprint density at radius 3 is 2.59 bits per heavy atom. The van der Waals surface area contributed by atoms with Gasteiger partial charge in [-0.15, -0.1) is 0 Å². The number of hydrogen-bond donors (Lipinski definition) is 1. The number of fused-ring (bicyclic) bond motifs is 2. The van der Waals surface area contributed by atoms with Crippen LogP contribution in [0, 0.1) is 11.2 Å². The van der Waals surface area contributed by atoms with E-state index < -0.39 is 11.4 Å². The molecule has 0 bridgehead atoms. The third-order valence-electron chi connectivity index (χ3n) is 6.36. The fourth-order valence-corrected chi connectivity index (χ4v) is 4.63. The number of nitrogens with zero attached hydrogens (tertiary/aromatic N) is 1. The minimum absolute atomic E-state index is 0.287. The minimum Gasteiger partial charge on any atom is -0.488 e. The van der Waals surface area contributed by atoms with Gasteiger partial charge in [-0.1, -0.05) is 17.7 Å². The number of hydrogen-bond acceptors (Lipinski definition) is 4. The van der Waals surface area contributed by atoms with Crippen molar-refractivity contribution in [1.29, 1.82) is 0 Å². The van der Waals surface area contributed by atoms with E-state index in [1.54, 1.807) is 33.1 Å². The zero-order valence-electron chi connectivity index (χ0n) is 18.9. The molecule has 0 unspecified atom stereocenters. The maximum atomic E-state index is 14.3. The van der Waals surface area contributed by atoms with Crippen LogP contribution < -0.4 is 4.74 Å². The van der Waals surface area contributed by atoms with Crippen LogP contribution in [0.4, 0.5) is 4.39 Å². The Labute approximate surface area is 188 Å². The summed E-state index contributed by atoms with van der Waals surface area (Å²) in [6, 6.07) is 11.0. The Morgan fingerprint density at radius 2 is 1.91 bits per heavy atom. The lowest BCUT2D eigenvalue weighted by atomic mass is 9.85. The van der Waals surface area contributed by atoms with E-state index in [1.807, 2.05) is 0 Å². The van der Waals surface area contributed by atoms with Crippen molar-refractivity contribution in [3.63, 3.8) is 0 Å². The van der Waals surface area contributed by atoms with E-state index >= 15 is 0 Å². The summed E-state index contributed by atoms with van der Waals surface area (Å²) in [7, 11) is 1.67. The first-order valence-electron chi connectivity index (χ1n) is 11.0. The second-order valence-electron chi connectivity index (χ2n) is 9.30. The van der Waals surface area contributed by atoms with Crippen LogP contribution in [0.1, 0.15) is 48.9 Å². The summed E-state index contributed by atoms with van der Waals surface area (Å²) in [6.07, 6.45) is 1.61. The number of carboxylic acid groups (broad SMARTS) is 1. The molecule has 0 amide bonds. The summed E-state index contributed by atoms with van der Waals surface area (Å²) in [5.41, 5.74) is 5.51. The Kier molecular flexibility index (Phi) is 6.35. The number of carbonyl (C=O) groups is 1. The summed E-state index contributed by atoms with van der Waals surface area (Å²) in [6.45, 7) is 6.53. The lowest BCUT2D eigenvalue weighted by Gasteiger charge is -2.34. The molecular formula is C26H30FNO4. The molecule has 32 heavy (non-hydrogen) atoms. The Balaban J connectivity index is 1.72. The summed E-state index contributed by atoms with van der Waals surface area (Å²) >= 11 is 0. The number of benzene rings is 2. The van der Waals surface area contributed by atoms with Crippen molar-refractivity contribution in [2.75, 3.05) is 26.7 Å². The number of halogens is 1. The molecule has 1 N–H and O–H groups in total. The molecule has 0 atom stereocenters. The molecule has 2 aliphatic heterocycles. The van der Waals surface area contributed by atoms with Crippen LogP contribution in [-0.2, 0) is 22.7 Å². The van der Waals surface area contributed by atoms with Gasteiger partial charge in [0.25, 0.3) is 0 Å². The maximum absolute atomic E-state index is 14.3. The molecular weight excluding hydrogens is 409 g/mol. The number of piperidine rings is 1. The average molecular weight is 440 g/mol. The Hall–Kier alpha value is -2.70. The van der Waals surface area contributed by atoms with Crippen LogP contribution in [0.5, 0.6) is 5.75 Å². The van der Waals surface area contributed by atoms with Gasteiger partial charge in [0.2, 0.25) is 0 Å². The first-order valence-corrected chi connectivity index (χ1v) is 11.0. The number of likely N-dealkylation sites (tertiary alicyclic amines) is 1. The van der Waals surface area contributed by atoms with Crippen LogP contribution in [0.3, 0.4) is 0 Å². The highest BCUT2D eigenvalue weighted by Crippen LogP contribution is 2.41. The number of aliphatic carboxylic acids is 1. The predicted octanol–water partition coefficient (Wildman–Crippen LogP) is 4.87. The quantitative estimate of drug-likeness (QED) is 0.720. The van der Waals surface area contributed by atoms with Gasteiger partial charge in [-0.25, -0.2) is 4.39 Å². The van der Waals surface area contributed by atoms with Crippen LogP contribution in [0.15, 0.2) is 42.0 Å². The van der Waals surface area contributed by atoms with Gasteiger partial charge in [0.15, 0.2) is 0 Å². The van der Waals surface area contributed by atoms with Crippen molar-refractivity contribution in [2.45, 2.75) is 39.9 Å². The third kappa shape index (κ3) is 4.57. The Morgan fingerprint density at radius 1 is 1.16 bits per heavy atom. The van der Waals surface area contributed by atoms with Gasteiger partial charge in [-0.05, 0) is 73.2 Å². The monoisotopic (exact) mass is 439 g/mol. The molecule has 5 nitrogen and oxygen atoms in total. The first-order chi connectivity index (χ1) is 15.3. The fraction of sp³-hybridized carbons (Fsp3) is 0.423. The summed E-state index contributed by atoms with van der Waals surface area (Å²) in [5, 5.41) is 9.47. The molecule has 1 fully saturated rings. The first kappa shape index (κ1) is 22.5. The SMILES string of the molecule is COCc1ccc2c(c1)COc1ccc(F)cc1C2=C1CCN(CC(C)(C)C(=O)O)CC1. The average Bonchev–Trinajstić information content (AvgIpc) is 2.90. The molecule has 0 spiro atoms. The highest BCUT2D eigenvalue weighted by atomic mass is 19.1. The van der Waals surface area contributed by atoms with E-state index in [2.05, 4.69) is 23.1 Å². The third-order valence-corrected chi connectivity index (χ3v) is 6.36. The summed E-state index contributed by atoms with van der Waals surface area (Å²) in [4.78, 5) is 13.7. The predicted molar refractivity (Wildman–Crippen MR) is 121 cm³/mol. The Bertz CT molecular complexity index is 1050. The lowest BCUT2D eigenvalue weighted by molar-refractivity contribution is -0.148. The van der Waals surface area contributed by atoms with Crippen molar-refractivity contribution in [3.8, 4) is 5.75 Å². The van der Waals surface area contributed by atoms with Crippen LogP contribution in [-0.4, -0.2) is 42.7 Å². The van der Waals surface area contributed by atoms with Crippen molar-refractivity contribution < 1.29 is 23.8 Å². The molecule has 2 heterocycles. The zero-order valence-corrected chi connectivity index (χ0v) is 18.9. The number of carboxylic acids is 1. The standard InChI is InChI=1S/C26H30FNO4/c1-26(2,25(29)30)16-28-10-8-18(9-11-28)24-21-6-4-17(14-31-3)12-19(21)15-32-23-7-5-20(27)13-22(23)24/h4-7,12-13H,8-11,14-16H2,1-3H3,(H,29,30). The second-order valence-corrected chi connectivity index (χ2v) is 9.30. The zero-order chi connectivity index (χ0) is 22.9. The molecule has 4 rings (SSSR count). The van der Waals surface area contributed by atoms with Crippen molar-refractivity contribution in [1.82, 2.24) is 4.90 Å². The lowest BCUT2D eigenvalue weighted by Crippen LogP contribution is -2.42. The van der Waals surface area contributed by atoms with Crippen LogP contribution in [0.25, 0.3) is 5.57 Å². The smallest absolute Gasteiger partial charge is 0.310 e. The maximum Gasteiger partial charge on any atom is 0.310 e. The van der Waals surface area contributed by atoms with E-state index in [-0.39, 0.29) is 5.82 Å². The molecule has 6 heteroatoms. The second kappa shape index (κ2) is 9.04. The van der Waals surface area contributed by atoms with Gasteiger partial charge in [0.05, 0.1) is 12.0 Å². The normalized spacial score (nSPS) is 16.8. The minimum atomic E-state index is -0.791. The van der Waals surface area contributed by atoms with Crippen LogP contribution in [0.2, 0.25) is 0 Å². The van der Waals surface area contributed by atoms with Gasteiger partial charge in [0.1, 0.15) is 18.2 Å². The van der Waals surface area contributed by atoms with Gasteiger partial charge >= 0.3 is 5.97 Å². The molecule has 0 aromatic heterocycles. The highest BCUT2D eigenvalue weighted by Gasteiger charge is 2.32. The van der Waals surface area contributed by atoms with Gasteiger partial charge in [0, 0.05) is 32.3 Å². The molecule has 170 valence electrons. The molecule has 0 radical (unpaired) electrons. The van der Waals surface area contributed by atoms with E-state index in [1.165, 1.54) is 11.6 Å². The molecule has 2 aliphatic rings. The molecule has 2 aromatic carbocycles. The van der Waals surface area contributed by atoms with Crippen LogP contribution >= 0.6 is 0 Å². The fourth-order valence-electron chi connectivity index (χ4n) is 4.63. The topological polar surface area (TPSA) is 59.0 Å². The summed E-state index contributed by atoms with van der Waals surface area (Å²) in [5.74, 6) is -0.383. The van der Waals surface area contributed by atoms with E-state index in [4.69, 9.17) is 9.47 Å². The van der Waals surface area contributed by atoms with Crippen molar-refractivity contribution >= 4 is 11.5 Å². The largest absolute Gasteiger partial charge is 0.488 e. The van der Waals surface area contributed by atoms with E-state index in [0.717, 1.165) is 53.8 Å². The molecule has 0 aliphatic carbocycles. The van der Waals surface area contributed by atoms with Crippen molar-refractivity contribution in [2.24, 2.45) is 5.41 Å². The molecule has 2 aromatic rings.